The van der Waals surface area contributed by atoms with E-state index in [0.717, 1.165) is 16.7 Å². The molecule has 1 fully saturated rings. The summed E-state index contributed by atoms with van der Waals surface area (Å²) in [4.78, 5) is 2.35. The first-order chi connectivity index (χ1) is 15.7. The van der Waals surface area contributed by atoms with Crippen LogP contribution >= 0.6 is 12.4 Å². The minimum Gasteiger partial charge on any atom is -0.360 e. The van der Waals surface area contributed by atoms with Crippen molar-refractivity contribution in [2.45, 2.75) is 24.5 Å². The van der Waals surface area contributed by atoms with Crippen molar-refractivity contribution in [1.29, 1.82) is 0 Å². The Kier molecular flexibility index (Phi) is 7.26. The van der Waals surface area contributed by atoms with Gasteiger partial charge >= 0.3 is 0 Å². The first kappa shape index (κ1) is 23.2. The lowest BCUT2D eigenvalue weighted by Crippen LogP contribution is -2.53. The van der Waals surface area contributed by atoms with E-state index in [4.69, 9.17) is 4.74 Å². The zero-order valence-corrected chi connectivity index (χ0v) is 19.1. The normalized spacial score (nSPS) is 22.9. The van der Waals surface area contributed by atoms with Gasteiger partial charge in [-0.15, -0.1) is 12.4 Å². The zero-order chi connectivity index (χ0) is 21.8. The van der Waals surface area contributed by atoms with Crippen LogP contribution in [-0.2, 0) is 17.1 Å². The van der Waals surface area contributed by atoms with Crippen molar-refractivity contribution in [3.05, 3.63) is 144 Å². The third kappa shape index (κ3) is 4.87. The van der Waals surface area contributed by atoms with Gasteiger partial charge in [0.15, 0.2) is 0 Å². The molecule has 0 amide bonds. The number of aliphatic hydroxyl groups is 1. The fraction of sp³-hybridized carbons (Fsp3) is 0.172. The number of hydrogen-bond acceptors (Lipinski definition) is 3. The molecule has 0 aromatic heterocycles. The molecule has 1 heterocycles. The number of halogens is 1. The van der Waals surface area contributed by atoms with Gasteiger partial charge in [0.05, 0.1) is 12.1 Å². The maximum Gasteiger partial charge on any atom is 0.213 e. The van der Waals surface area contributed by atoms with Crippen molar-refractivity contribution >= 4 is 12.4 Å². The first-order valence-electron chi connectivity index (χ1n) is 11.1. The molecule has 4 aromatic rings. The second-order valence-electron chi connectivity index (χ2n) is 8.31. The number of rotatable bonds is 5. The number of nitrogens with zero attached hydrogens (tertiary/aromatic N) is 1. The van der Waals surface area contributed by atoms with Crippen molar-refractivity contribution in [1.82, 2.24) is 4.90 Å². The molecule has 33 heavy (non-hydrogen) atoms. The molecule has 1 N–H and O–H groups in total. The van der Waals surface area contributed by atoms with Crippen LogP contribution < -0.4 is 0 Å². The predicted molar refractivity (Wildman–Crippen MR) is 134 cm³/mol. The first-order valence-corrected chi connectivity index (χ1v) is 11.1. The zero-order valence-electron chi connectivity index (χ0n) is 18.3. The summed E-state index contributed by atoms with van der Waals surface area (Å²) in [5, 5.41) is 12.3. The topological polar surface area (TPSA) is 32.7 Å². The Bertz CT molecular complexity index is 1130. The molecule has 3 atom stereocenters. The van der Waals surface area contributed by atoms with E-state index in [2.05, 4.69) is 53.4 Å². The Balaban J connectivity index is 0.00000259. The minimum absolute atomic E-state index is 0. The van der Waals surface area contributed by atoms with E-state index in [1.165, 1.54) is 5.56 Å². The summed E-state index contributed by atoms with van der Waals surface area (Å²) in [6, 6.07) is 40.2. The van der Waals surface area contributed by atoms with Gasteiger partial charge in [0.1, 0.15) is 0 Å². The highest BCUT2D eigenvalue weighted by Crippen LogP contribution is 2.48. The van der Waals surface area contributed by atoms with Crippen LogP contribution in [0, 0.1) is 0 Å². The van der Waals surface area contributed by atoms with Crippen LogP contribution in [0.2, 0.25) is 0 Å². The number of ether oxygens (including phenoxy) is 1. The van der Waals surface area contributed by atoms with Gasteiger partial charge in [0.2, 0.25) is 5.79 Å². The molecule has 3 nitrogen and oxygen atoms in total. The molecule has 168 valence electrons. The molecule has 0 bridgehead atoms. The Morgan fingerprint density at radius 1 is 0.697 bits per heavy atom. The summed E-state index contributed by atoms with van der Waals surface area (Å²) < 4.78 is 6.59. The van der Waals surface area contributed by atoms with E-state index in [1.807, 2.05) is 72.8 Å². The van der Waals surface area contributed by atoms with Crippen LogP contribution in [-0.4, -0.2) is 16.6 Å². The monoisotopic (exact) mass is 457 g/mol. The predicted octanol–water partition coefficient (Wildman–Crippen LogP) is 6.27. The molecule has 0 radical (unpaired) electrons. The van der Waals surface area contributed by atoms with Gasteiger partial charge in [0.25, 0.3) is 0 Å². The quantitative estimate of drug-likeness (QED) is 0.383. The van der Waals surface area contributed by atoms with Crippen LogP contribution in [0.1, 0.15) is 34.4 Å². The Labute approximate surface area is 201 Å². The Hall–Kier alpha value is -2.95. The van der Waals surface area contributed by atoms with E-state index in [1.54, 1.807) is 0 Å². The van der Waals surface area contributed by atoms with Gasteiger partial charge in [0, 0.05) is 18.7 Å². The summed E-state index contributed by atoms with van der Waals surface area (Å²) >= 11 is 0. The van der Waals surface area contributed by atoms with Crippen LogP contribution in [0.5, 0.6) is 0 Å². The maximum absolute atomic E-state index is 12.3. The minimum atomic E-state index is -1.50. The summed E-state index contributed by atoms with van der Waals surface area (Å²) in [6.07, 6.45) is -0.259. The molecule has 4 aromatic carbocycles. The molecule has 3 unspecified atom stereocenters. The summed E-state index contributed by atoms with van der Waals surface area (Å²) in [6.45, 7) is 1.38. The van der Waals surface area contributed by atoms with Crippen LogP contribution in [0.3, 0.4) is 0 Å². The smallest absolute Gasteiger partial charge is 0.213 e. The molecule has 1 aliphatic rings. The van der Waals surface area contributed by atoms with Crippen molar-refractivity contribution in [2.24, 2.45) is 0 Å². The lowest BCUT2D eigenvalue weighted by molar-refractivity contribution is -0.312. The van der Waals surface area contributed by atoms with Crippen molar-refractivity contribution < 1.29 is 9.84 Å². The summed E-state index contributed by atoms with van der Waals surface area (Å²) in [5.74, 6) is -1.50. The van der Waals surface area contributed by atoms with E-state index >= 15 is 0 Å². The van der Waals surface area contributed by atoms with E-state index in [0.29, 0.717) is 13.1 Å². The van der Waals surface area contributed by atoms with Gasteiger partial charge in [-0.05, 0) is 16.7 Å². The average molecular weight is 458 g/mol. The third-order valence-electron chi connectivity index (χ3n) is 6.16. The van der Waals surface area contributed by atoms with Crippen molar-refractivity contribution in [3.63, 3.8) is 0 Å². The number of hydrogen-bond donors (Lipinski definition) is 1. The lowest BCUT2D eigenvalue weighted by Gasteiger charge is -2.50. The van der Waals surface area contributed by atoms with Gasteiger partial charge < -0.3 is 9.84 Å². The average Bonchev–Trinajstić information content (AvgIpc) is 2.86. The lowest BCUT2D eigenvalue weighted by atomic mass is 9.87. The molecule has 0 spiro atoms. The van der Waals surface area contributed by atoms with Crippen molar-refractivity contribution in [2.75, 3.05) is 6.54 Å². The molecule has 0 aliphatic carbocycles. The number of benzene rings is 4. The largest absolute Gasteiger partial charge is 0.360 e. The molecule has 4 heteroatoms. The highest BCUT2D eigenvalue weighted by atomic mass is 35.5. The third-order valence-corrected chi connectivity index (χ3v) is 6.16. The standard InChI is InChI=1S/C29H27NO2.ClH/c31-29(26-19-11-4-12-20-26)28(25-17-9-3-10-18-25)30(21-23-13-5-1-6-14-23)22-27(32-29)24-15-7-2-8-16-24;/h1-20,27-28,31H,21-22H2;1H. The molecular formula is C29H28ClNO2. The van der Waals surface area contributed by atoms with Crippen LogP contribution in [0.15, 0.2) is 121 Å². The molecule has 1 saturated heterocycles. The summed E-state index contributed by atoms with van der Waals surface area (Å²) in [7, 11) is 0. The van der Waals surface area contributed by atoms with Gasteiger partial charge in [-0.1, -0.05) is 121 Å². The molecule has 5 rings (SSSR count). The Morgan fingerprint density at radius 2 is 1.18 bits per heavy atom. The van der Waals surface area contributed by atoms with E-state index in [9.17, 15) is 5.11 Å². The second kappa shape index (κ2) is 10.3. The Morgan fingerprint density at radius 3 is 1.76 bits per heavy atom. The van der Waals surface area contributed by atoms with Gasteiger partial charge in [-0.3, -0.25) is 4.90 Å². The highest BCUT2D eigenvalue weighted by molar-refractivity contribution is 5.85. The molecule has 0 saturated carbocycles. The SMILES string of the molecule is Cl.OC1(c2ccccc2)OC(c2ccccc2)CN(Cc2ccccc2)C1c1ccccc1. The second-order valence-corrected chi connectivity index (χ2v) is 8.31. The van der Waals surface area contributed by atoms with Crippen molar-refractivity contribution in [3.8, 4) is 0 Å². The summed E-state index contributed by atoms with van der Waals surface area (Å²) in [5.41, 5.74) is 4.05. The van der Waals surface area contributed by atoms with Crippen LogP contribution in [0.25, 0.3) is 0 Å². The van der Waals surface area contributed by atoms with Gasteiger partial charge in [-0.25, -0.2) is 0 Å². The highest BCUT2D eigenvalue weighted by Gasteiger charge is 2.50. The maximum atomic E-state index is 12.3. The molecule has 1 aliphatic heterocycles. The molecular weight excluding hydrogens is 430 g/mol. The fourth-order valence-corrected chi connectivity index (χ4v) is 4.67. The van der Waals surface area contributed by atoms with Gasteiger partial charge in [-0.2, -0.15) is 0 Å². The fourth-order valence-electron chi connectivity index (χ4n) is 4.67. The van der Waals surface area contributed by atoms with E-state index < -0.39 is 5.79 Å². The van der Waals surface area contributed by atoms with Crippen LogP contribution in [0.4, 0.5) is 0 Å². The van der Waals surface area contributed by atoms with E-state index in [-0.39, 0.29) is 24.6 Å². The number of morpholine rings is 1.